The second-order valence-corrected chi connectivity index (χ2v) is 7.05. The minimum Gasteiger partial charge on any atom is -0.334 e. The fourth-order valence-corrected chi connectivity index (χ4v) is 3.51. The van der Waals surface area contributed by atoms with Crippen molar-refractivity contribution in [1.29, 1.82) is 0 Å². The van der Waals surface area contributed by atoms with Crippen LogP contribution in [-0.2, 0) is 16.1 Å². The summed E-state index contributed by atoms with van der Waals surface area (Å²) < 4.78 is 2.99. The molecule has 0 aliphatic rings. The lowest BCUT2D eigenvalue weighted by atomic mass is 10.1. The highest BCUT2D eigenvalue weighted by molar-refractivity contribution is 9.10. The highest BCUT2D eigenvalue weighted by Gasteiger charge is 2.15. The number of hydrogen-bond donors (Lipinski definition) is 2. The van der Waals surface area contributed by atoms with E-state index in [1.807, 2.05) is 54.8 Å². The van der Waals surface area contributed by atoms with E-state index in [9.17, 15) is 9.59 Å². The van der Waals surface area contributed by atoms with Crippen LogP contribution in [0.2, 0.25) is 0 Å². The summed E-state index contributed by atoms with van der Waals surface area (Å²) in [6.45, 7) is 5.57. The van der Waals surface area contributed by atoms with Crippen molar-refractivity contribution in [1.82, 2.24) is 4.57 Å². The van der Waals surface area contributed by atoms with E-state index in [1.165, 1.54) is 6.92 Å². The Morgan fingerprint density at radius 2 is 1.81 bits per heavy atom. The van der Waals surface area contributed by atoms with E-state index in [0.717, 1.165) is 26.6 Å². The van der Waals surface area contributed by atoms with Crippen LogP contribution in [0.25, 0.3) is 10.9 Å². The molecule has 0 saturated carbocycles. The molecule has 0 bridgehead atoms. The van der Waals surface area contributed by atoms with Crippen LogP contribution in [0.15, 0.2) is 46.9 Å². The molecule has 3 aromatic rings. The molecule has 1 aromatic heterocycles. The van der Waals surface area contributed by atoms with Gasteiger partial charge in [0.15, 0.2) is 0 Å². The summed E-state index contributed by atoms with van der Waals surface area (Å²) in [5.74, 6) is -0.269. The second-order valence-electron chi connectivity index (χ2n) is 6.26. The van der Waals surface area contributed by atoms with Crippen molar-refractivity contribution in [2.75, 3.05) is 10.6 Å². The van der Waals surface area contributed by atoms with Gasteiger partial charge in [0.1, 0.15) is 6.54 Å². The standard InChI is InChI=1S/C20H20BrN3O2/c1-12-8-9-15(22-14(3)25)10-17(12)23-19(26)11-24-13(2)20(21)16-6-4-5-7-18(16)24/h4-10H,11H2,1-3H3,(H,22,25)(H,23,26). The molecule has 0 unspecified atom stereocenters. The van der Waals surface area contributed by atoms with Gasteiger partial charge in [0, 0.05) is 39.4 Å². The Morgan fingerprint density at radius 3 is 2.54 bits per heavy atom. The normalized spacial score (nSPS) is 10.8. The first-order chi connectivity index (χ1) is 12.4. The number of nitrogens with one attached hydrogen (secondary N) is 2. The molecule has 0 radical (unpaired) electrons. The maximum absolute atomic E-state index is 12.6. The van der Waals surface area contributed by atoms with Crippen LogP contribution in [0.5, 0.6) is 0 Å². The quantitative estimate of drug-likeness (QED) is 0.655. The van der Waals surface area contributed by atoms with Gasteiger partial charge in [-0.2, -0.15) is 0 Å². The average Bonchev–Trinajstić information content (AvgIpc) is 2.83. The highest BCUT2D eigenvalue weighted by atomic mass is 79.9. The van der Waals surface area contributed by atoms with E-state index in [0.29, 0.717) is 11.4 Å². The van der Waals surface area contributed by atoms with Crippen LogP contribution in [0.4, 0.5) is 11.4 Å². The number of aryl methyl sites for hydroxylation is 1. The van der Waals surface area contributed by atoms with Gasteiger partial charge in [0.2, 0.25) is 11.8 Å². The molecule has 0 aliphatic heterocycles. The second kappa shape index (κ2) is 7.33. The van der Waals surface area contributed by atoms with Gasteiger partial charge in [0.05, 0.1) is 0 Å². The van der Waals surface area contributed by atoms with Crippen LogP contribution in [-0.4, -0.2) is 16.4 Å². The minimum absolute atomic E-state index is 0.121. The van der Waals surface area contributed by atoms with Gasteiger partial charge in [-0.15, -0.1) is 0 Å². The molecule has 2 N–H and O–H groups in total. The molecule has 0 spiro atoms. The number of carbonyl (C=O) groups is 2. The first kappa shape index (κ1) is 18.2. The summed E-state index contributed by atoms with van der Waals surface area (Å²) >= 11 is 3.61. The van der Waals surface area contributed by atoms with E-state index in [1.54, 1.807) is 6.07 Å². The Labute approximate surface area is 160 Å². The predicted molar refractivity (Wildman–Crippen MR) is 108 cm³/mol. The van der Waals surface area contributed by atoms with Crippen LogP contribution in [0.3, 0.4) is 0 Å². The SMILES string of the molecule is CC(=O)Nc1ccc(C)c(NC(=O)Cn2c(C)c(Br)c3ccccc32)c1. The molecule has 3 rings (SSSR count). The Balaban J connectivity index is 1.84. The Bertz CT molecular complexity index is 1010. The fraction of sp³-hybridized carbons (Fsp3) is 0.200. The molecule has 0 fully saturated rings. The number of aromatic nitrogens is 1. The minimum atomic E-state index is -0.148. The average molecular weight is 414 g/mol. The van der Waals surface area contributed by atoms with Crippen molar-refractivity contribution >= 4 is 50.0 Å². The number of para-hydroxylation sites is 1. The lowest BCUT2D eigenvalue weighted by molar-refractivity contribution is -0.116. The Hall–Kier alpha value is -2.60. The summed E-state index contributed by atoms with van der Waals surface area (Å²) in [7, 11) is 0. The lowest BCUT2D eigenvalue weighted by Gasteiger charge is -2.13. The van der Waals surface area contributed by atoms with Crippen molar-refractivity contribution in [3.63, 3.8) is 0 Å². The maximum Gasteiger partial charge on any atom is 0.244 e. The maximum atomic E-state index is 12.6. The van der Waals surface area contributed by atoms with Gasteiger partial charge in [-0.1, -0.05) is 24.3 Å². The van der Waals surface area contributed by atoms with E-state index >= 15 is 0 Å². The zero-order valence-electron chi connectivity index (χ0n) is 14.9. The van der Waals surface area contributed by atoms with Crippen molar-refractivity contribution in [2.45, 2.75) is 27.3 Å². The third kappa shape index (κ3) is 3.65. The summed E-state index contributed by atoms with van der Waals surface area (Å²) in [5, 5.41) is 6.76. The summed E-state index contributed by atoms with van der Waals surface area (Å²) in [6, 6.07) is 13.4. The molecule has 134 valence electrons. The van der Waals surface area contributed by atoms with E-state index in [2.05, 4.69) is 26.6 Å². The summed E-state index contributed by atoms with van der Waals surface area (Å²) in [6.07, 6.45) is 0. The number of anilines is 2. The number of fused-ring (bicyclic) bond motifs is 1. The summed E-state index contributed by atoms with van der Waals surface area (Å²) in [4.78, 5) is 23.9. The predicted octanol–water partition coefficient (Wildman–Crippen LogP) is 4.62. The molecule has 2 aromatic carbocycles. The largest absolute Gasteiger partial charge is 0.334 e. The number of carbonyl (C=O) groups excluding carboxylic acids is 2. The molecule has 26 heavy (non-hydrogen) atoms. The smallest absolute Gasteiger partial charge is 0.244 e. The zero-order chi connectivity index (χ0) is 18.8. The zero-order valence-corrected chi connectivity index (χ0v) is 16.5. The number of rotatable bonds is 4. The van der Waals surface area contributed by atoms with Crippen LogP contribution >= 0.6 is 15.9 Å². The van der Waals surface area contributed by atoms with Gasteiger partial charge < -0.3 is 15.2 Å². The number of amides is 2. The molecule has 2 amide bonds. The molecular weight excluding hydrogens is 394 g/mol. The topological polar surface area (TPSA) is 63.1 Å². The van der Waals surface area contributed by atoms with Crippen molar-refractivity contribution in [2.24, 2.45) is 0 Å². The molecule has 1 heterocycles. The third-order valence-electron chi connectivity index (χ3n) is 4.29. The van der Waals surface area contributed by atoms with Crippen LogP contribution in [0.1, 0.15) is 18.2 Å². The number of hydrogen-bond acceptors (Lipinski definition) is 2. The van der Waals surface area contributed by atoms with Crippen LogP contribution in [0, 0.1) is 13.8 Å². The Kier molecular flexibility index (Phi) is 5.13. The first-order valence-corrected chi connectivity index (χ1v) is 9.07. The summed E-state index contributed by atoms with van der Waals surface area (Å²) in [5.41, 5.74) is 4.29. The van der Waals surface area contributed by atoms with Crippen molar-refractivity contribution in [3.05, 3.63) is 58.2 Å². The molecule has 5 nitrogen and oxygen atoms in total. The molecular formula is C20H20BrN3O2. The lowest BCUT2D eigenvalue weighted by Crippen LogP contribution is -2.20. The number of halogens is 1. The van der Waals surface area contributed by atoms with E-state index in [-0.39, 0.29) is 18.4 Å². The van der Waals surface area contributed by atoms with E-state index in [4.69, 9.17) is 0 Å². The van der Waals surface area contributed by atoms with Crippen molar-refractivity contribution in [3.8, 4) is 0 Å². The Morgan fingerprint density at radius 1 is 1.08 bits per heavy atom. The first-order valence-electron chi connectivity index (χ1n) is 8.28. The van der Waals surface area contributed by atoms with Gasteiger partial charge >= 0.3 is 0 Å². The number of nitrogens with zero attached hydrogens (tertiary/aromatic N) is 1. The highest BCUT2D eigenvalue weighted by Crippen LogP contribution is 2.30. The monoisotopic (exact) mass is 413 g/mol. The van der Waals surface area contributed by atoms with E-state index < -0.39 is 0 Å². The fourth-order valence-electron chi connectivity index (χ4n) is 2.96. The van der Waals surface area contributed by atoms with Gasteiger partial charge in [0.25, 0.3) is 0 Å². The third-order valence-corrected chi connectivity index (χ3v) is 5.29. The van der Waals surface area contributed by atoms with Gasteiger partial charge in [-0.05, 0) is 53.5 Å². The van der Waals surface area contributed by atoms with Crippen molar-refractivity contribution < 1.29 is 9.59 Å². The van der Waals surface area contributed by atoms with Gasteiger partial charge in [-0.25, -0.2) is 0 Å². The molecule has 0 atom stereocenters. The van der Waals surface area contributed by atoms with Gasteiger partial charge in [-0.3, -0.25) is 9.59 Å². The molecule has 0 aliphatic carbocycles. The number of benzene rings is 2. The molecule has 0 saturated heterocycles. The van der Waals surface area contributed by atoms with Crippen LogP contribution < -0.4 is 10.6 Å². The molecule has 6 heteroatoms.